The molecular formula is C19H29ClN2O. The summed E-state index contributed by atoms with van der Waals surface area (Å²) in [7, 11) is 0. The van der Waals surface area contributed by atoms with Gasteiger partial charge in [-0.3, -0.25) is 4.79 Å². The van der Waals surface area contributed by atoms with Crippen molar-refractivity contribution < 1.29 is 4.79 Å². The molecule has 1 atom stereocenters. The maximum atomic E-state index is 13.4. The van der Waals surface area contributed by atoms with Crippen molar-refractivity contribution in [3.63, 3.8) is 0 Å². The van der Waals surface area contributed by atoms with Crippen LogP contribution in [0.5, 0.6) is 0 Å². The van der Waals surface area contributed by atoms with Crippen LogP contribution in [0.25, 0.3) is 0 Å². The molecule has 3 rings (SSSR count). The lowest BCUT2D eigenvalue weighted by Gasteiger charge is -2.39. The van der Waals surface area contributed by atoms with Crippen LogP contribution in [0.2, 0.25) is 0 Å². The van der Waals surface area contributed by atoms with Crippen LogP contribution in [0, 0.1) is 12.8 Å². The molecule has 23 heavy (non-hydrogen) atoms. The molecule has 2 N–H and O–H groups in total. The predicted octanol–water partition coefficient (Wildman–Crippen LogP) is 3.43. The summed E-state index contributed by atoms with van der Waals surface area (Å²) in [4.78, 5) is 15.5. The van der Waals surface area contributed by atoms with Crippen molar-refractivity contribution >= 4 is 18.3 Å². The second-order valence-corrected chi connectivity index (χ2v) is 7.15. The fourth-order valence-electron chi connectivity index (χ4n) is 4.24. The van der Waals surface area contributed by atoms with Crippen molar-refractivity contribution in [1.82, 2.24) is 4.90 Å². The summed E-state index contributed by atoms with van der Waals surface area (Å²) in [6.45, 7) is 4.54. The Hall–Kier alpha value is -1.06. The van der Waals surface area contributed by atoms with Crippen LogP contribution >= 0.6 is 12.4 Å². The monoisotopic (exact) mass is 336 g/mol. The first-order chi connectivity index (χ1) is 10.7. The lowest BCUT2D eigenvalue weighted by molar-refractivity contribution is -0.138. The molecular weight excluding hydrogens is 308 g/mol. The van der Waals surface area contributed by atoms with E-state index in [0.29, 0.717) is 18.4 Å². The Kier molecular flexibility index (Phi) is 6.10. The molecule has 1 aromatic carbocycles. The third kappa shape index (κ3) is 3.56. The van der Waals surface area contributed by atoms with Gasteiger partial charge in [-0.1, -0.05) is 49.1 Å². The van der Waals surface area contributed by atoms with Gasteiger partial charge in [0.25, 0.3) is 0 Å². The fourth-order valence-corrected chi connectivity index (χ4v) is 4.24. The first kappa shape index (κ1) is 18.3. The van der Waals surface area contributed by atoms with Gasteiger partial charge in [0.05, 0.1) is 5.41 Å². The van der Waals surface area contributed by atoms with E-state index in [0.717, 1.165) is 45.2 Å². The largest absolute Gasteiger partial charge is 0.342 e. The average molecular weight is 337 g/mol. The van der Waals surface area contributed by atoms with Crippen LogP contribution < -0.4 is 5.73 Å². The summed E-state index contributed by atoms with van der Waals surface area (Å²) in [5, 5.41) is 0. The molecule has 1 heterocycles. The van der Waals surface area contributed by atoms with E-state index >= 15 is 0 Å². The molecule has 0 radical (unpaired) electrons. The maximum absolute atomic E-state index is 13.4. The minimum atomic E-state index is -0.284. The third-order valence-electron chi connectivity index (χ3n) is 5.59. The highest BCUT2D eigenvalue weighted by Crippen LogP contribution is 2.42. The zero-order chi connectivity index (χ0) is 15.6. The highest BCUT2D eigenvalue weighted by atomic mass is 35.5. The van der Waals surface area contributed by atoms with Gasteiger partial charge in [-0.05, 0) is 44.2 Å². The molecule has 1 aliphatic heterocycles. The molecule has 0 spiro atoms. The van der Waals surface area contributed by atoms with Gasteiger partial charge < -0.3 is 10.6 Å². The number of carbonyl (C=O) groups is 1. The number of likely N-dealkylation sites (tertiary alicyclic amines) is 1. The van der Waals surface area contributed by atoms with Crippen LogP contribution in [0.3, 0.4) is 0 Å². The number of amides is 1. The van der Waals surface area contributed by atoms with Crippen LogP contribution in [0.15, 0.2) is 24.3 Å². The van der Waals surface area contributed by atoms with Crippen LogP contribution in [-0.2, 0) is 10.2 Å². The quantitative estimate of drug-likeness (QED) is 0.919. The Morgan fingerprint density at radius 3 is 2.65 bits per heavy atom. The van der Waals surface area contributed by atoms with E-state index in [9.17, 15) is 4.79 Å². The Morgan fingerprint density at radius 1 is 1.30 bits per heavy atom. The number of rotatable bonds is 3. The highest BCUT2D eigenvalue weighted by Gasteiger charge is 2.44. The van der Waals surface area contributed by atoms with Gasteiger partial charge in [0.2, 0.25) is 5.91 Å². The van der Waals surface area contributed by atoms with Gasteiger partial charge in [0.15, 0.2) is 0 Å². The normalized spacial score (nSPS) is 23.4. The Bertz CT molecular complexity index is 540. The van der Waals surface area contributed by atoms with E-state index < -0.39 is 0 Å². The minimum absolute atomic E-state index is 0. The molecule has 1 amide bonds. The van der Waals surface area contributed by atoms with Gasteiger partial charge in [-0.25, -0.2) is 0 Å². The number of benzene rings is 1. The molecule has 0 aromatic heterocycles. The van der Waals surface area contributed by atoms with E-state index in [4.69, 9.17) is 5.73 Å². The Morgan fingerprint density at radius 2 is 2.04 bits per heavy atom. The summed E-state index contributed by atoms with van der Waals surface area (Å²) in [5.74, 6) is 0.843. The SMILES string of the molecule is Cc1cccc(C2(C(=O)N3CCC(CN)C3)CCCCC2)c1.Cl. The summed E-state index contributed by atoms with van der Waals surface area (Å²) in [5.41, 5.74) is 7.99. The fraction of sp³-hybridized carbons (Fsp3) is 0.632. The van der Waals surface area contributed by atoms with E-state index in [-0.39, 0.29) is 17.8 Å². The molecule has 3 nitrogen and oxygen atoms in total. The maximum Gasteiger partial charge on any atom is 0.233 e. The molecule has 0 bridgehead atoms. The number of hydrogen-bond acceptors (Lipinski definition) is 2. The Labute approximate surface area is 146 Å². The molecule has 1 aliphatic carbocycles. The van der Waals surface area contributed by atoms with Crippen molar-refractivity contribution in [3.8, 4) is 0 Å². The summed E-state index contributed by atoms with van der Waals surface area (Å²) < 4.78 is 0. The first-order valence-corrected chi connectivity index (χ1v) is 8.72. The number of nitrogens with zero attached hydrogens (tertiary/aromatic N) is 1. The summed E-state index contributed by atoms with van der Waals surface area (Å²) >= 11 is 0. The second kappa shape index (κ2) is 7.67. The zero-order valence-corrected chi connectivity index (χ0v) is 14.9. The van der Waals surface area contributed by atoms with Crippen LogP contribution in [0.1, 0.15) is 49.7 Å². The van der Waals surface area contributed by atoms with Crippen LogP contribution in [-0.4, -0.2) is 30.4 Å². The average Bonchev–Trinajstić information content (AvgIpc) is 3.04. The van der Waals surface area contributed by atoms with Crippen molar-refractivity contribution in [1.29, 1.82) is 0 Å². The van der Waals surface area contributed by atoms with E-state index in [2.05, 4.69) is 36.1 Å². The third-order valence-corrected chi connectivity index (χ3v) is 5.59. The van der Waals surface area contributed by atoms with E-state index in [1.807, 2.05) is 0 Å². The highest BCUT2D eigenvalue weighted by molar-refractivity contribution is 5.88. The van der Waals surface area contributed by atoms with Crippen molar-refractivity contribution in [2.24, 2.45) is 11.7 Å². The lowest BCUT2D eigenvalue weighted by Crippen LogP contribution is -2.47. The van der Waals surface area contributed by atoms with E-state index in [1.165, 1.54) is 17.5 Å². The van der Waals surface area contributed by atoms with Gasteiger partial charge in [-0.2, -0.15) is 0 Å². The number of hydrogen-bond donors (Lipinski definition) is 1. The van der Waals surface area contributed by atoms with Crippen molar-refractivity contribution in [2.45, 2.75) is 50.9 Å². The van der Waals surface area contributed by atoms with Gasteiger partial charge in [0.1, 0.15) is 0 Å². The minimum Gasteiger partial charge on any atom is -0.342 e. The topological polar surface area (TPSA) is 46.3 Å². The first-order valence-electron chi connectivity index (χ1n) is 8.72. The number of carbonyl (C=O) groups excluding carboxylic acids is 1. The van der Waals surface area contributed by atoms with Crippen molar-refractivity contribution in [2.75, 3.05) is 19.6 Å². The number of halogens is 1. The van der Waals surface area contributed by atoms with Gasteiger partial charge >= 0.3 is 0 Å². The van der Waals surface area contributed by atoms with Gasteiger partial charge in [0, 0.05) is 13.1 Å². The van der Waals surface area contributed by atoms with Gasteiger partial charge in [-0.15, -0.1) is 12.4 Å². The zero-order valence-electron chi connectivity index (χ0n) is 14.1. The predicted molar refractivity (Wildman–Crippen MR) is 96.9 cm³/mol. The Balaban J connectivity index is 0.00000192. The molecule has 1 unspecified atom stereocenters. The van der Waals surface area contributed by atoms with Crippen molar-refractivity contribution in [3.05, 3.63) is 35.4 Å². The molecule has 2 fully saturated rings. The lowest BCUT2D eigenvalue weighted by atomic mass is 9.68. The second-order valence-electron chi connectivity index (χ2n) is 7.15. The summed E-state index contributed by atoms with van der Waals surface area (Å²) in [6, 6.07) is 8.60. The molecule has 1 saturated heterocycles. The van der Waals surface area contributed by atoms with Crippen LogP contribution in [0.4, 0.5) is 0 Å². The molecule has 4 heteroatoms. The molecule has 2 aliphatic rings. The standard InChI is InChI=1S/C19H28N2O.ClH/c1-15-6-5-7-17(12-15)19(9-3-2-4-10-19)18(22)21-11-8-16(13-20)14-21;/h5-7,12,16H,2-4,8-11,13-14,20H2,1H3;1H. The number of aryl methyl sites for hydroxylation is 1. The van der Waals surface area contributed by atoms with E-state index in [1.54, 1.807) is 0 Å². The smallest absolute Gasteiger partial charge is 0.233 e. The molecule has 128 valence electrons. The summed E-state index contributed by atoms with van der Waals surface area (Å²) in [6.07, 6.45) is 6.64. The molecule has 1 aromatic rings. The number of nitrogens with two attached hydrogens (primary N) is 1. The molecule has 1 saturated carbocycles.